The molecule has 0 saturated carbocycles. The largest absolute Gasteiger partial charge is 0.399 e. The van der Waals surface area contributed by atoms with E-state index in [-0.39, 0.29) is 17.5 Å². The Balaban J connectivity index is 2.30. The molecule has 1 aliphatic rings. The highest BCUT2D eigenvalue weighted by Gasteiger charge is 2.33. The molecule has 2 rings (SSSR count). The third-order valence-corrected chi connectivity index (χ3v) is 4.08. The fourth-order valence-electron chi connectivity index (χ4n) is 2.84. The van der Waals surface area contributed by atoms with Crippen molar-refractivity contribution in [1.82, 2.24) is 4.90 Å². The SMILES string of the molecule is CC1CC(C)C(C)N(C(=O)c2cc(N)ccc2F)C1. The predicted octanol–water partition coefficient (Wildman–Crippen LogP) is 2.91. The first-order chi connectivity index (χ1) is 8.90. The summed E-state index contributed by atoms with van der Waals surface area (Å²) in [5, 5.41) is 0. The number of amides is 1. The number of nitrogens with zero attached hydrogens (tertiary/aromatic N) is 1. The lowest BCUT2D eigenvalue weighted by Gasteiger charge is -2.41. The van der Waals surface area contributed by atoms with Crippen LogP contribution in [0.1, 0.15) is 37.6 Å². The van der Waals surface area contributed by atoms with E-state index in [2.05, 4.69) is 13.8 Å². The molecule has 1 amide bonds. The average Bonchev–Trinajstić information content (AvgIpc) is 2.36. The van der Waals surface area contributed by atoms with Crippen LogP contribution in [0.15, 0.2) is 18.2 Å². The van der Waals surface area contributed by atoms with E-state index < -0.39 is 5.82 Å². The molecule has 1 heterocycles. The molecule has 0 bridgehead atoms. The Kier molecular flexibility index (Phi) is 3.78. The molecule has 3 atom stereocenters. The number of hydrogen-bond acceptors (Lipinski definition) is 2. The van der Waals surface area contributed by atoms with Crippen molar-refractivity contribution in [2.24, 2.45) is 11.8 Å². The van der Waals surface area contributed by atoms with Gasteiger partial charge in [-0.05, 0) is 43.4 Å². The van der Waals surface area contributed by atoms with Crippen LogP contribution in [-0.4, -0.2) is 23.4 Å². The molecule has 0 spiro atoms. The average molecular weight is 264 g/mol. The smallest absolute Gasteiger partial charge is 0.257 e. The van der Waals surface area contributed by atoms with Crippen LogP contribution in [0, 0.1) is 17.7 Å². The minimum atomic E-state index is -0.503. The van der Waals surface area contributed by atoms with Gasteiger partial charge in [-0.3, -0.25) is 4.79 Å². The van der Waals surface area contributed by atoms with Crippen LogP contribution < -0.4 is 5.73 Å². The van der Waals surface area contributed by atoms with Gasteiger partial charge in [0.15, 0.2) is 0 Å². The summed E-state index contributed by atoms with van der Waals surface area (Å²) in [6, 6.07) is 4.28. The lowest BCUT2D eigenvalue weighted by Crippen LogP contribution is -2.49. The molecule has 1 aliphatic heterocycles. The van der Waals surface area contributed by atoms with Crippen LogP contribution in [0.5, 0.6) is 0 Å². The lowest BCUT2D eigenvalue weighted by molar-refractivity contribution is 0.0451. The molecule has 1 aromatic rings. The quantitative estimate of drug-likeness (QED) is 0.793. The zero-order valence-electron chi connectivity index (χ0n) is 11.7. The first kappa shape index (κ1) is 13.8. The van der Waals surface area contributed by atoms with Crippen LogP contribution in [-0.2, 0) is 0 Å². The van der Waals surface area contributed by atoms with Gasteiger partial charge < -0.3 is 10.6 Å². The van der Waals surface area contributed by atoms with Crippen molar-refractivity contribution in [2.75, 3.05) is 12.3 Å². The molecule has 0 aliphatic carbocycles. The molecule has 3 nitrogen and oxygen atoms in total. The third kappa shape index (κ3) is 2.72. The second kappa shape index (κ2) is 5.19. The number of nitrogen functional groups attached to an aromatic ring is 1. The number of benzene rings is 1. The van der Waals surface area contributed by atoms with Crippen LogP contribution in [0.25, 0.3) is 0 Å². The van der Waals surface area contributed by atoms with E-state index in [1.54, 1.807) is 4.90 Å². The highest BCUT2D eigenvalue weighted by molar-refractivity contribution is 5.95. The van der Waals surface area contributed by atoms with Crippen molar-refractivity contribution < 1.29 is 9.18 Å². The lowest BCUT2D eigenvalue weighted by atomic mass is 9.85. The maximum absolute atomic E-state index is 13.8. The van der Waals surface area contributed by atoms with Gasteiger partial charge in [0.1, 0.15) is 5.82 Å². The van der Waals surface area contributed by atoms with Crippen LogP contribution in [0.3, 0.4) is 0 Å². The molecular formula is C15H21FN2O. The number of nitrogens with two attached hydrogens (primary N) is 1. The second-order valence-electron chi connectivity index (χ2n) is 5.76. The van der Waals surface area contributed by atoms with Crippen molar-refractivity contribution in [3.63, 3.8) is 0 Å². The normalized spacial score (nSPS) is 27.4. The second-order valence-corrected chi connectivity index (χ2v) is 5.76. The molecule has 1 saturated heterocycles. The first-order valence-electron chi connectivity index (χ1n) is 6.76. The first-order valence-corrected chi connectivity index (χ1v) is 6.76. The molecule has 0 aromatic heterocycles. The molecule has 1 aromatic carbocycles. The minimum Gasteiger partial charge on any atom is -0.399 e. The number of carbonyl (C=O) groups is 1. The van der Waals surface area contributed by atoms with Crippen molar-refractivity contribution in [2.45, 2.75) is 33.2 Å². The summed E-state index contributed by atoms with van der Waals surface area (Å²) >= 11 is 0. The fourth-order valence-corrected chi connectivity index (χ4v) is 2.84. The summed E-state index contributed by atoms with van der Waals surface area (Å²) < 4.78 is 13.8. The summed E-state index contributed by atoms with van der Waals surface area (Å²) in [5.74, 6) is 0.115. The summed E-state index contributed by atoms with van der Waals surface area (Å²) in [7, 11) is 0. The van der Waals surface area contributed by atoms with E-state index in [4.69, 9.17) is 5.73 Å². The van der Waals surface area contributed by atoms with E-state index in [0.717, 1.165) is 6.42 Å². The number of anilines is 1. The predicted molar refractivity (Wildman–Crippen MR) is 74.3 cm³/mol. The molecule has 4 heteroatoms. The van der Waals surface area contributed by atoms with Crippen LogP contribution in [0.4, 0.5) is 10.1 Å². The zero-order valence-corrected chi connectivity index (χ0v) is 11.7. The van der Waals surface area contributed by atoms with Crippen LogP contribution in [0.2, 0.25) is 0 Å². The number of likely N-dealkylation sites (tertiary alicyclic amines) is 1. The van der Waals surface area contributed by atoms with Gasteiger partial charge in [-0.1, -0.05) is 13.8 Å². The minimum absolute atomic E-state index is 0.0770. The number of halogens is 1. The number of hydrogen-bond donors (Lipinski definition) is 1. The Morgan fingerprint density at radius 3 is 2.74 bits per heavy atom. The Labute approximate surface area is 113 Å². The zero-order chi connectivity index (χ0) is 14.2. The van der Waals surface area contributed by atoms with Crippen molar-refractivity contribution in [3.05, 3.63) is 29.6 Å². The maximum atomic E-state index is 13.8. The topological polar surface area (TPSA) is 46.3 Å². The summed E-state index contributed by atoms with van der Waals surface area (Å²) in [6.07, 6.45) is 1.10. The van der Waals surface area contributed by atoms with E-state index in [9.17, 15) is 9.18 Å². The Morgan fingerprint density at radius 2 is 2.05 bits per heavy atom. The van der Waals surface area contributed by atoms with Gasteiger partial charge in [-0.25, -0.2) is 4.39 Å². The number of piperidine rings is 1. The van der Waals surface area contributed by atoms with E-state index in [0.29, 0.717) is 24.1 Å². The van der Waals surface area contributed by atoms with Gasteiger partial charge in [0.25, 0.3) is 5.91 Å². The highest BCUT2D eigenvalue weighted by atomic mass is 19.1. The molecule has 19 heavy (non-hydrogen) atoms. The number of rotatable bonds is 1. The van der Waals surface area contributed by atoms with Crippen molar-refractivity contribution >= 4 is 11.6 Å². The van der Waals surface area contributed by atoms with E-state index in [1.165, 1.54) is 18.2 Å². The van der Waals surface area contributed by atoms with Gasteiger partial charge in [0.2, 0.25) is 0 Å². The van der Waals surface area contributed by atoms with Gasteiger partial charge >= 0.3 is 0 Å². The Morgan fingerprint density at radius 1 is 1.37 bits per heavy atom. The van der Waals surface area contributed by atoms with Gasteiger partial charge in [0, 0.05) is 18.3 Å². The Hall–Kier alpha value is -1.58. The van der Waals surface area contributed by atoms with Crippen LogP contribution >= 0.6 is 0 Å². The van der Waals surface area contributed by atoms with Gasteiger partial charge in [0.05, 0.1) is 5.56 Å². The highest BCUT2D eigenvalue weighted by Crippen LogP contribution is 2.28. The van der Waals surface area contributed by atoms with Crippen molar-refractivity contribution in [1.29, 1.82) is 0 Å². The molecule has 2 N–H and O–H groups in total. The molecule has 1 fully saturated rings. The molecular weight excluding hydrogens is 243 g/mol. The molecule has 3 unspecified atom stereocenters. The Bertz CT molecular complexity index is 489. The third-order valence-electron chi connectivity index (χ3n) is 4.08. The summed E-state index contributed by atoms with van der Waals surface area (Å²) in [5.41, 5.74) is 6.14. The van der Waals surface area contributed by atoms with E-state index >= 15 is 0 Å². The number of carbonyl (C=O) groups excluding carboxylic acids is 1. The van der Waals surface area contributed by atoms with Crippen molar-refractivity contribution in [3.8, 4) is 0 Å². The maximum Gasteiger partial charge on any atom is 0.257 e. The fraction of sp³-hybridized carbons (Fsp3) is 0.533. The molecule has 0 radical (unpaired) electrons. The van der Waals surface area contributed by atoms with Gasteiger partial charge in [-0.2, -0.15) is 0 Å². The monoisotopic (exact) mass is 264 g/mol. The van der Waals surface area contributed by atoms with Gasteiger partial charge in [-0.15, -0.1) is 0 Å². The summed E-state index contributed by atoms with van der Waals surface area (Å²) in [6.45, 7) is 6.96. The molecule has 104 valence electrons. The standard InChI is InChI=1S/C15H21FN2O/c1-9-6-10(2)11(3)18(8-9)15(19)13-7-12(17)4-5-14(13)16/h4-5,7,9-11H,6,8,17H2,1-3H3. The van der Waals surface area contributed by atoms with E-state index in [1.807, 2.05) is 6.92 Å². The summed E-state index contributed by atoms with van der Waals surface area (Å²) in [4.78, 5) is 14.3.